The summed E-state index contributed by atoms with van der Waals surface area (Å²) in [6.07, 6.45) is 4.51. The van der Waals surface area contributed by atoms with E-state index in [1.807, 2.05) is 13.8 Å². The quantitative estimate of drug-likeness (QED) is 0.702. The number of anilines is 1. The predicted octanol–water partition coefficient (Wildman–Crippen LogP) is 5.16. The highest BCUT2D eigenvalue weighted by molar-refractivity contribution is 7.55. The van der Waals surface area contributed by atoms with E-state index in [0.717, 1.165) is 37.8 Å². The lowest BCUT2D eigenvalue weighted by Gasteiger charge is -2.42. The van der Waals surface area contributed by atoms with E-state index < -0.39 is 12.9 Å². The van der Waals surface area contributed by atoms with Gasteiger partial charge in [-0.1, -0.05) is 19.3 Å². The maximum Gasteiger partial charge on any atom is 0.355 e. The molecule has 1 saturated carbocycles. The smallest absolute Gasteiger partial charge is 0.355 e. The van der Waals surface area contributed by atoms with Crippen LogP contribution in [0.1, 0.15) is 46.0 Å². The molecule has 0 spiro atoms. The molecule has 1 aromatic rings. The van der Waals surface area contributed by atoms with Crippen LogP contribution in [-0.4, -0.2) is 18.5 Å². The van der Waals surface area contributed by atoms with Gasteiger partial charge in [0.25, 0.3) is 0 Å². The molecule has 0 atom stereocenters. The van der Waals surface area contributed by atoms with Crippen LogP contribution in [0.25, 0.3) is 0 Å². The molecular weight excluding hydrogens is 304 g/mol. The molecule has 0 bridgehead atoms. The van der Waals surface area contributed by atoms with Gasteiger partial charge in [-0.25, -0.2) is 4.39 Å². The van der Waals surface area contributed by atoms with Crippen LogP contribution in [0.5, 0.6) is 0 Å². The van der Waals surface area contributed by atoms with E-state index in [2.05, 4.69) is 5.32 Å². The van der Waals surface area contributed by atoms with Crippen LogP contribution in [0, 0.1) is 5.82 Å². The summed E-state index contributed by atoms with van der Waals surface area (Å²) < 4.78 is 37.7. The predicted molar refractivity (Wildman–Crippen MR) is 86.7 cm³/mol. The minimum Gasteiger partial charge on any atom is -0.369 e. The number of nitrogens with one attached hydrogen (secondary N) is 1. The van der Waals surface area contributed by atoms with Crippen molar-refractivity contribution in [2.75, 3.05) is 18.5 Å². The lowest BCUT2D eigenvalue weighted by molar-refractivity contribution is 0.188. The molecular formula is C16H25FNO3P. The van der Waals surface area contributed by atoms with Crippen molar-refractivity contribution in [3.8, 4) is 0 Å². The normalized spacial score (nSPS) is 18.1. The molecule has 1 aliphatic rings. The van der Waals surface area contributed by atoms with Gasteiger partial charge in [-0.15, -0.1) is 0 Å². The molecule has 0 heterocycles. The zero-order chi connectivity index (χ0) is 16.1. The highest BCUT2D eigenvalue weighted by Gasteiger charge is 2.51. The fraction of sp³-hybridized carbons (Fsp3) is 0.625. The Hall–Kier alpha value is -0.900. The molecule has 0 saturated heterocycles. The fourth-order valence-corrected chi connectivity index (χ4v) is 5.41. The molecule has 0 aliphatic heterocycles. The van der Waals surface area contributed by atoms with Crippen molar-refractivity contribution >= 4 is 13.3 Å². The summed E-state index contributed by atoms with van der Waals surface area (Å²) in [6.45, 7) is 4.31. The molecule has 0 radical (unpaired) electrons. The average molecular weight is 329 g/mol. The van der Waals surface area contributed by atoms with E-state index in [0.29, 0.717) is 13.2 Å². The fourth-order valence-electron chi connectivity index (χ4n) is 3.03. The number of hydrogen-bond donors (Lipinski definition) is 1. The maximum absolute atomic E-state index is 13.4. The maximum atomic E-state index is 13.4. The Kier molecular flexibility index (Phi) is 6.01. The second-order valence-corrected chi connectivity index (χ2v) is 7.92. The first-order chi connectivity index (χ1) is 10.6. The molecule has 6 heteroatoms. The van der Waals surface area contributed by atoms with Gasteiger partial charge in [-0.05, 0) is 51.0 Å². The van der Waals surface area contributed by atoms with Gasteiger partial charge >= 0.3 is 7.60 Å². The summed E-state index contributed by atoms with van der Waals surface area (Å²) >= 11 is 0. The summed E-state index contributed by atoms with van der Waals surface area (Å²) in [5.41, 5.74) is 0.739. The van der Waals surface area contributed by atoms with Gasteiger partial charge in [0, 0.05) is 5.69 Å². The van der Waals surface area contributed by atoms with E-state index in [-0.39, 0.29) is 5.82 Å². The van der Waals surface area contributed by atoms with Crippen LogP contribution >= 0.6 is 7.60 Å². The van der Waals surface area contributed by atoms with Gasteiger partial charge < -0.3 is 14.4 Å². The molecule has 1 aromatic carbocycles. The number of halogens is 1. The SMILES string of the molecule is CCOP(=O)(OCC)C1(Nc2ccc(F)cc2)CCCCC1. The minimum atomic E-state index is -3.31. The average Bonchev–Trinajstić information content (AvgIpc) is 2.51. The van der Waals surface area contributed by atoms with Crippen LogP contribution in [0.15, 0.2) is 24.3 Å². The highest BCUT2D eigenvalue weighted by Crippen LogP contribution is 2.64. The molecule has 4 nitrogen and oxygen atoms in total. The van der Waals surface area contributed by atoms with Gasteiger partial charge in [0.2, 0.25) is 0 Å². The largest absolute Gasteiger partial charge is 0.369 e. The molecule has 1 fully saturated rings. The van der Waals surface area contributed by atoms with Gasteiger partial charge in [0.1, 0.15) is 11.1 Å². The first-order valence-corrected chi connectivity index (χ1v) is 9.52. The Morgan fingerprint density at radius 1 is 1.09 bits per heavy atom. The standard InChI is InChI=1S/C16H25FNO3P/c1-3-20-22(19,21-4-2)16(12-6-5-7-13-16)18-15-10-8-14(17)9-11-15/h8-11,18H,3-7,12-13H2,1-2H3. The van der Waals surface area contributed by atoms with E-state index in [4.69, 9.17) is 9.05 Å². The molecule has 0 amide bonds. The Labute approximate surface area is 131 Å². The van der Waals surface area contributed by atoms with E-state index in [1.54, 1.807) is 12.1 Å². The van der Waals surface area contributed by atoms with Gasteiger partial charge in [-0.3, -0.25) is 4.57 Å². The third-order valence-electron chi connectivity index (χ3n) is 4.02. The molecule has 0 aromatic heterocycles. The zero-order valence-corrected chi connectivity index (χ0v) is 14.2. The lowest BCUT2D eigenvalue weighted by Crippen LogP contribution is -2.41. The number of hydrogen-bond acceptors (Lipinski definition) is 4. The van der Waals surface area contributed by atoms with Crippen LogP contribution < -0.4 is 5.32 Å². The summed E-state index contributed by atoms with van der Waals surface area (Å²) in [7, 11) is -3.31. The van der Waals surface area contributed by atoms with Gasteiger partial charge in [-0.2, -0.15) is 0 Å². The number of benzene rings is 1. The van der Waals surface area contributed by atoms with Crippen molar-refractivity contribution in [1.29, 1.82) is 0 Å². The van der Waals surface area contributed by atoms with Crippen LogP contribution in [-0.2, 0) is 13.6 Å². The Morgan fingerprint density at radius 3 is 2.14 bits per heavy atom. The second kappa shape index (κ2) is 7.58. The Morgan fingerprint density at radius 2 is 1.64 bits per heavy atom. The van der Waals surface area contributed by atoms with Crippen LogP contribution in [0.3, 0.4) is 0 Å². The Balaban J connectivity index is 2.33. The van der Waals surface area contributed by atoms with Crippen molar-refractivity contribution in [2.45, 2.75) is 51.2 Å². The summed E-state index contributed by atoms with van der Waals surface area (Å²) in [5.74, 6) is -0.291. The van der Waals surface area contributed by atoms with Crippen molar-refractivity contribution < 1.29 is 18.0 Å². The zero-order valence-electron chi connectivity index (χ0n) is 13.3. The first kappa shape index (κ1) is 17.5. The monoisotopic (exact) mass is 329 g/mol. The third kappa shape index (κ3) is 3.70. The van der Waals surface area contributed by atoms with Crippen molar-refractivity contribution in [3.63, 3.8) is 0 Å². The lowest BCUT2D eigenvalue weighted by atomic mass is 9.94. The first-order valence-electron chi connectivity index (χ1n) is 7.98. The van der Waals surface area contributed by atoms with Crippen LogP contribution in [0.2, 0.25) is 0 Å². The van der Waals surface area contributed by atoms with E-state index in [9.17, 15) is 8.96 Å². The summed E-state index contributed by atoms with van der Waals surface area (Å²) in [4.78, 5) is 0. The Bertz CT molecular complexity index is 505. The number of rotatable bonds is 7. The summed E-state index contributed by atoms with van der Waals surface area (Å²) in [6, 6.07) is 6.11. The molecule has 124 valence electrons. The molecule has 1 N–H and O–H groups in total. The molecule has 0 unspecified atom stereocenters. The van der Waals surface area contributed by atoms with Crippen molar-refractivity contribution in [1.82, 2.24) is 0 Å². The van der Waals surface area contributed by atoms with Crippen molar-refractivity contribution in [3.05, 3.63) is 30.1 Å². The minimum absolute atomic E-state index is 0.291. The summed E-state index contributed by atoms with van der Waals surface area (Å²) in [5, 5.41) is 2.62. The highest BCUT2D eigenvalue weighted by atomic mass is 31.2. The second-order valence-electron chi connectivity index (χ2n) is 5.56. The van der Waals surface area contributed by atoms with Gasteiger partial charge in [0.05, 0.1) is 13.2 Å². The van der Waals surface area contributed by atoms with E-state index in [1.165, 1.54) is 12.1 Å². The molecule has 1 aliphatic carbocycles. The van der Waals surface area contributed by atoms with E-state index >= 15 is 0 Å². The van der Waals surface area contributed by atoms with Crippen LogP contribution in [0.4, 0.5) is 10.1 Å². The topological polar surface area (TPSA) is 47.6 Å². The van der Waals surface area contributed by atoms with Crippen molar-refractivity contribution in [2.24, 2.45) is 0 Å². The molecule has 22 heavy (non-hydrogen) atoms. The third-order valence-corrected chi connectivity index (χ3v) is 6.83. The molecule has 2 rings (SSSR count). The van der Waals surface area contributed by atoms with Gasteiger partial charge in [0.15, 0.2) is 0 Å².